The summed E-state index contributed by atoms with van der Waals surface area (Å²) in [6.07, 6.45) is 0. The van der Waals surface area contributed by atoms with Crippen molar-refractivity contribution in [3.8, 4) is 51.0 Å². The fourth-order valence-electron chi connectivity index (χ4n) is 9.75. The van der Waals surface area contributed by atoms with Gasteiger partial charge in [-0.05, 0) is 90.4 Å². The maximum Gasteiger partial charge on any atom is 0.164 e. The molecule has 0 amide bonds. The first kappa shape index (κ1) is 35.3. The number of nitrogens with zero attached hydrogens (tertiary/aromatic N) is 4. The Morgan fingerprint density at radius 3 is 1.41 bits per heavy atom. The van der Waals surface area contributed by atoms with Crippen molar-refractivity contribution >= 4 is 75.7 Å². The van der Waals surface area contributed by atoms with Crippen LogP contribution in [0.1, 0.15) is 0 Å². The first-order valence-electron chi connectivity index (χ1n) is 21.4. The largest absolute Gasteiger partial charge is 0.308 e. The number of fused-ring (bicyclic) bond motifs is 9. The highest BCUT2D eigenvalue weighted by Gasteiger charge is 2.24. The summed E-state index contributed by atoms with van der Waals surface area (Å²) in [6, 6.07) is 78.4. The Morgan fingerprint density at radius 1 is 0.270 bits per heavy atom. The van der Waals surface area contributed by atoms with Crippen LogP contribution >= 0.6 is 0 Å². The molecule has 4 heteroatoms. The molecule has 0 aliphatic rings. The minimum absolute atomic E-state index is 0.621. The molecule has 0 unspecified atom stereocenters. The Balaban J connectivity index is 1.14. The highest BCUT2D eigenvalue weighted by atomic mass is 15.0. The fraction of sp³-hybridized carbons (Fsp3) is 0. The monoisotopic (exact) mass is 800 g/mol. The van der Waals surface area contributed by atoms with Gasteiger partial charge in [0.25, 0.3) is 0 Å². The van der Waals surface area contributed by atoms with E-state index >= 15 is 0 Å². The molecule has 11 aromatic carbocycles. The van der Waals surface area contributed by atoms with Gasteiger partial charge in [-0.1, -0.05) is 182 Å². The third kappa shape index (κ3) is 5.73. The molecule has 0 bridgehead atoms. The Morgan fingerprint density at radius 2 is 0.762 bits per heavy atom. The topological polar surface area (TPSA) is 43.6 Å². The van der Waals surface area contributed by atoms with E-state index < -0.39 is 0 Å². The minimum Gasteiger partial charge on any atom is -0.308 e. The van der Waals surface area contributed by atoms with E-state index in [0.717, 1.165) is 66.1 Å². The van der Waals surface area contributed by atoms with Crippen LogP contribution in [0.15, 0.2) is 218 Å². The van der Waals surface area contributed by atoms with Gasteiger partial charge < -0.3 is 4.57 Å². The zero-order valence-electron chi connectivity index (χ0n) is 34.1. The number of rotatable bonds is 5. The second-order valence-electron chi connectivity index (χ2n) is 16.4. The lowest BCUT2D eigenvalue weighted by Gasteiger charge is -2.20. The van der Waals surface area contributed by atoms with Crippen molar-refractivity contribution in [1.82, 2.24) is 19.5 Å². The quantitative estimate of drug-likeness (QED) is 0.174. The van der Waals surface area contributed by atoms with Gasteiger partial charge in [-0.3, -0.25) is 0 Å². The molecule has 0 fully saturated rings. The van der Waals surface area contributed by atoms with E-state index in [1.54, 1.807) is 0 Å². The van der Waals surface area contributed by atoms with Crippen molar-refractivity contribution < 1.29 is 0 Å². The summed E-state index contributed by atoms with van der Waals surface area (Å²) in [5.74, 6) is 1.88. The second kappa shape index (κ2) is 14.1. The first-order chi connectivity index (χ1) is 31.2. The molecule has 0 aliphatic heterocycles. The van der Waals surface area contributed by atoms with Crippen LogP contribution in [0.2, 0.25) is 0 Å². The highest BCUT2D eigenvalue weighted by molar-refractivity contribution is 6.24. The second-order valence-corrected chi connectivity index (χ2v) is 16.4. The third-order valence-electron chi connectivity index (χ3n) is 12.7. The summed E-state index contributed by atoms with van der Waals surface area (Å²) in [4.78, 5) is 16.0. The van der Waals surface area contributed by atoms with Gasteiger partial charge in [0.15, 0.2) is 17.5 Å². The summed E-state index contributed by atoms with van der Waals surface area (Å²) in [5.41, 5.74) is 8.44. The van der Waals surface area contributed by atoms with Crippen LogP contribution in [-0.2, 0) is 0 Å². The lowest BCUT2D eigenvalue weighted by Crippen LogP contribution is -2.03. The maximum absolute atomic E-state index is 5.39. The minimum atomic E-state index is 0.621. The Bertz CT molecular complexity index is 3880. The van der Waals surface area contributed by atoms with E-state index in [4.69, 9.17) is 15.0 Å². The SMILES string of the molecule is c1ccc(-c2cc(-c3nc(-c4ccc5ccccc5c4)nc(-c4ccc5ccccc5c4)n3)c3ccccc3c2-n2c3cc4ccccc4cc3c3c4ccccc4ccc32)cc1. The molecule has 4 nitrogen and oxygen atoms in total. The molecule has 13 rings (SSSR count). The Labute approximate surface area is 363 Å². The predicted molar refractivity (Wildman–Crippen MR) is 263 cm³/mol. The van der Waals surface area contributed by atoms with Crippen LogP contribution in [0.5, 0.6) is 0 Å². The molecule has 13 aromatic rings. The van der Waals surface area contributed by atoms with E-state index in [-0.39, 0.29) is 0 Å². The molecule has 2 aromatic heterocycles. The zero-order chi connectivity index (χ0) is 41.4. The van der Waals surface area contributed by atoms with Gasteiger partial charge in [0.2, 0.25) is 0 Å². The van der Waals surface area contributed by atoms with Crippen LogP contribution < -0.4 is 0 Å². The highest BCUT2D eigenvalue weighted by Crippen LogP contribution is 2.45. The van der Waals surface area contributed by atoms with Gasteiger partial charge in [0.1, 0.15) is 0 Å². The molecule has 0 radical (unpaired) electrons. The average molecular weight is 801 g/mol. The molecule has 0 saturated carbocycles. The van der Waals surface area contributed by atoms with Gasteiger partial charge in [0, 0.05) is 38.4 Å². The average Bonchev–Trinajstić information content (AvgIpc) is 3.67. The van der Waals surface area contributed by atoms with E-state index in [0.29, 0.717) is 17.5 Å². The third-order valence-corrected chi connectivity index (χ3v) is 12.7. The van der Waals surface area contributed by atoms with Crippen molar-refractivity contribution in [3.05, 3.63) is 218 Å². The van der Waals surface area contributed by atoms with Gasteiger partial charge in [-0.2, -0.15) is 0 Å². The van der Waals surface area contributed by atoms with Crippen LogP contribution in [0.4, 0.5) is 0 Å². The summed E-state index contributed by atoms with van der Waals surface area (Å²) in [7, 11) is 0. The summed E-state index contributed by atoms with van der Waals surface area (Å²) in [5, 5.41) is 14.1. The fourth-order valence-corrected chi connectivity index (χ4v) is 9.75. The standard InChI is InChI=1S/C59H36N4/c1-2-16-39(17-3-1)50-36-51(59-61-57(45-28-26-37-14-4-6-19-41(37)32-45)60-58(62-59)46-29-27-38-15-5-7-20-42(38)33-46)48-24-12-13-25-49(48)56(50)63-53-31-30-40-18-10-11-23-47(40)55(53)52-34-43-21-8-9-22-44(43)35-54(52)63/h1-36H. The van der Waals surface area contributed by atoms with E-state index in [1.165, 1.54) is 43.1 Å². The van der Waals surface area contributed by atoms with Crippen molar-refractivity contribution in [1.29, 1.82) is 0 Å². The summed E-state index contributed by atoms with van der Waals surface area (Å²) >= 11 is 0. The first-order valence-corrected chi connectivity index (χ1v) is 21.4. The lowest BCUT2D eigenvalue weighted by molar-refractivity contribution is 1.08. The lowest BCUT2D eigenvalue weighted by atomic mass is 9.93. The van der Waals surface area contributed by atoms with Crippen molar-refractivity contribution in [2.24, 2.45) is 0 Å². The number of hydrogen-bond donors (Lipinski definition) is 0. The van der Waals surface area contributed by atoms with Gasteiger partial charge >= 0.3 is 0 Å². The molecule has 292 valence electrons. The van der Waals surface area contributed by atoms with Crippen LogP contribution in [0.3, 0.4) is 0 Å². The zero-order valence-corrected chi connectivity index (χ0v) is 34.1. The van der Waals surface area contributed by atoms with Crippen molar-refractivity contribution in [3.63, 3.8) is 0 Å². The van der Waals surface area contributed by atoms with Crippen LogP contribution in [0.25, 0.3) is 127 Å². The van der Waals surface area contributed by atoms with E-state index in [9.17, 15) is 0 Å². The molecule has 63 heavy (non-hydrogen) atoms. The molecule has 0 aliphatic carbocycles. The summed E-state index contributed by atoms with van der Waals surface area (Å²) < 4.78 is 2.51. The van der Waals surface area contributed by atoms with Crippen LogP contribution in [-0.4, -0.2) is 19.5 Å². The summed E-state index contributed by atoms with van der Waals surface area (Å²) in [6.45, 7) is 0. The van der Waals surface area contributed by atoms with Crippen molar-refractivity contribution in [2.75, 3.05) is 0 Å². The molecular weight excluding hydrogens is 765 g/mol. The number of hydrogen-bond acceptors (Lipinski definition) is 3. The van der Waals surface area contributed by atoms with E-state index in [1.807, 2.05) is 0 Å². The Hall–Kier alpha value is -8.47. The molecule has 0 saturated heterocycles. The van der Waals surface area contributed by atoms with Gasteiger partial charge in [-0.15, -0.1) is 0 Å². The van der Waals surface area contributed by atoms with Gasteiger partial charge in [0.05, 0.1) is 16.7 Å². The normalized spacial score (nSPS) is 11.8. The van der Waals surface area contributed by atoms with Crippen molar-refractivity contribution in [2.45, 2.75) is 0 Å². The van der Waals surface area contributed by atoms with Crippen LogP contribution in [0, 0.1) is 0 Å². The number of aromatic nitrogens is 4. The molecule has 0 N–H and O–H groups in total. The molecule has 2 heterocycles. The Kier molecular flexibility index (Phi) is 7.87. The smallest absolute Gasteiger partial charge is 0.164 e. The molecule has 0 atom stereocenters. The molecular formula is C59H36N4. The predicted octanol–water partition coefficient (Wildman–Crippen LogP) is 15.4. The van der Waals surface area contributed by atoms with E-state index in [2.05, 4.69) is 223 Å². The molecule has 0 spiro atoms. The maximum atomic E-state index is 5.39. The number of benzene rings is 11. The van der Waals surface area contributed by atoms with Gasteiger partial charge in [-0.25, -0.2) is 15.0 Å².